The van der Waals surface area contributed by atoms with Crippen molar-refractivity contribution in [2.24, 2.45) is 5.92 Å². The van der Waals surface area contributed by atoms with Crippen molar-refractivity contribution in [3.63, 3.8) is 0 Å². The summed E-state index contributed by atoms with van der Waals surface area (Å²) in [6, 6.07) is 0. The summed E-state index contributed by atoms with van der Waals surface area (Å²) in [5, 5.41) is 0. The Morgan fingerprint density at radius 2 is 1.78 bits per heavy atom. The van der Waals surface area contributed by atoms with Crippen LogP contribution in [0.3, 0.4) is 0 Å². The zero-order valence-electron chi connectivity index (χ0n) is 18.7. The average Bonchev–Trinajstić information content (AvgIpc) is 3.18. The van der Waals surface area contributed by atoms with E-state index in [-0.39, 0.29) is 21.6 Å². The maximum absolute atomic E-state index is 13.6. The van der Waals surface area contributed by atoms with E-state index in [1.165, 1.54) is 11.4 Å². The third-order valence-electron chi connectivity index (χ3n) is 6.73. The molecule has 1 saturated heterocycles. The predicted octanol–water partition coefficient (Wildman–Crippen LogP) is 3.73. The molecule has 9 heteroatoms. The van der Waals surface area contributed by atoms with Crippen LogP contribution in [0.4, 0.5) is 0 Å². The molecule has 0 N–H and O–H groups in total. The second-order valence-corrected chi connectivity index (χ2v) is 12.1. The molecular weight excluding hydrogens is 448 g/mol. The predicted molar refractivity (Wildman–Crippen MR) is 123 cm³/mol. The van der Waals surface area contributed by atoms with E-state index >= 15 is 0 Å². The molecule has 2 aliphatic heterocycles. The highest BCUT2D eigenvalue weighted by molar-refractivity contribution is 7.91. The molecule has 7 nitrogen and oxygen atoms in total. The number of ether oxygens (including phenoxy) is 1. The van der Waals surface area contributed by atoms with Crippen LogP contribution in [0.1, 0.15) is 72.2 Å². The van der Waals surface area contributed by atoms with E-state index in [9.17, 15) is 18.0 Å². The Morgan fingerprint density at radius 3 is 2.44 bits per heavy atom. The molecule has 0 spiro atoms. The summed E-state index contributed by atoms with van der Waals surface area (Å²) >= 11 is 1.15. The minimum Gasteiger partial charge on any atom is -0.465 e. The lowest BCUT2D eigenvalue weighted by atomic mass is 9.92. The summed E-state index contributed by atoms with van der Waals surface area (Å²) in [4.78, 5) is 28.4. The first-order valence-electron chi connectivity index (χ1n) is 11.6. The van der Waals surface area contributed by atoms with Gasteiger partial charge in [-0.15, -0.1) is 11.3 Å². The highest BCUT2D eigenvalue weighted by Gasteiger charge is 2.38. The number of nitrogens with zero attached hydrogens (tertiary/aromatic N) is 2. The van der Waals surface area contributed by atoms with Gasteiger partial charge in [0.05, 0.1) is 19.2 Å². The molecule has 0 aromatic carbocycles. The Labute approximate surface area is 194 Å². The molecule has 4 rings (SSSR count). The van der Waals surface area contributed by atoms with Crippen LogP contribution in [0.2, 0.25) is 0 Å². The van der Waals surface area contributed by atoms with Crippen molar-refractivity contribution >= 4 is 33.2 Å². The monoisotopic (exact) mass is 480 g/mol. The quantitative estimate of drug-likeness (QED) is 0.484. The number of sulfonamides is 1. The third kappa shape index (κ3) is 4.65. The summed E-state index contributed by atoms with van der Waals surface area (Å²) in [5.41, 5.74) is 0.919. The standard InChI is InChI=1S/C23H32N2O5S2/c1-30-22(27)20-18-12-15-24(21(26)17-10-6-5-7-11-17)16-19(18)31-23(20)32(28,29)25-13-8-3-2-4-9-14-25/h5-6,17H,2-4,7-16H2,1H3/t17-/m1/s1. The number of carbonyl (C=O) groups is 2. The molecule has 1 aliphatic carbocycles. The number of rotatable bonds is 4. The fourth-order valence-corrected chi connectivity index (χ4v) is 8.47. The van der Waals surface area contributed by atoms with E-state index in [2.05, 4.69) is 12.2 Å². The summed E-state index contributed by atoms with van der Waals surface area (Å²) in [6.45, 7) is 1.81. The highest BCUT2D eigenvalue weighted by atomic mass is 32.2. The van der Waals surface area contributed by atoms with E-state index in [1.807, 2.05) is 4.90 Å². The van der Waals surface area contributed by atoms with E-state index in [4.69, 9.17) is 4.74 Å². The molecule has 3 aliphatic rings. The summed E-state index contributed by atoms with van der Waals surface area (Å²) in [6.07, 6.45) is 12.0. The molecule has 32 heavy (non-hydrogen) atoms. The fourth-order valence-electron chi connectivity index (χ4n) is 4.91. The number of hydrogen-bond donors (Lipinski definition) is 0. The second-order valence-electron chi connectivity index (χ2n) is 8.82. The lowest BCUT2D eigenvalue weighted by molar-refractivity contribution is -0.136. The molecule has 0 saturated carbocycles. The Balaban J connectivity index is 1.64. The van der Waals surface area contributed by atoms with Gasteiger partial charge in [-0.3, -0.25) is 4.79 Å². The molecular formula is C23H32N2O5S2. The average molecular weight is 481 g/mol. The van der Waals surface area contributed by atoms with Crippen LogP contribution in [0.25, 0.3) is 0 Å². The van der Waals surface area contributed by atoms with Gasteiger partial charge in [0.2, 0.25) is 5.91 Å². The first-order chi connectivity index (χ1) is 15.4. The number of methoxy groups -OCH3 is 1. The maximum atomic E-state index is 13.6. The van der Waals surface area contributed by atoms with Crippen LogP contribution in [-0.4, -0.2) is 56.2 Å². The van der Waals surface area contributed by atoms with Crippen molar-refractivity contribution in [1.82, 2.24) is 9.21 Å². The normalized spacial score (nSPS) is 22.7. The zero-order chi connectivity index (χ0) is 22.7. The number of carbonyl (C=O) groups excluding carboxylic acids is 2. The maximum Gasteiger partial charge on any atom is 0.340 e. The molecule has 0 bridgehead atoms. The lowest BCUT2D eigenvalue weighted by Crippen LogP contribution is -2.39. The van der Waals surface area contributed by atoms with E-state index in [1.54, 1.807) is 0 Å². The molecule has 1 atom stereocenters. The van der Waals surface area contributed by atoms with Gasteiger partial charge in [-0.25, -0.2) is 13.2 Å². The van der Waals surface area contributed by atoms with Gasteiger partial charge in [-0.1, -0.05) is 31.4 Å². The van der Waals surface area contributed by atoms with Crippen molar-refractivity contribution in [2.45, 2.75) is 68.5 Å². The molecule has 1 fully saturated rings. The number of thiophene rings is 1. The molecule has 1 amide bonds. The van der Waals surface area contributed by atoms with Gasteiger partial charge in [0.15, 0.2) is 0 Å². The van der Waals surface area contributed by atoms with Crippen molar-refractivity contribution < 1.29 is 22.7 Å². The lowest BCUT2D eigenvalue weighted by Gasteiger charge is -2.31. The summed E-state index contributed by atoms with van der Waals surface area (Å²) in [7, 11) is -2.52. The van der Waals surface area contributed by atoms with Crippen LogP contribution < -0.4 is 0 Å². The van der Waals surface area contributed by atoms with E-state index in [0.29, 0.717) is 32.6 Å². The fraction of sp³-hybridized carbons (Fsp3) is 0.652. The Kier molecular flexibility index (Phi) is 7.37. The van der Waals surface area contributed by atoms with E-state index < -0.39 is 16.0 Å². The van der Waals surface area contributed by atoms with Gasteiger partial charge in [-0.05, 0) is 44.1 Å². The van der Waals surface area contributed by atoms with Gasteiger partial charge in [0, 0.05) is 30.4 Å². The van der Waals surface area contributed by atoms with Crippen molar-refractivity contribution in [3.05, 3.63) is 28.2 Å². The number of hydrogen-bond acceptors (Lipinski definition) is 6. The van der Waals surface area contributed by atoms with Gasteiger partial charge < -0.3 is 9.64 Å². The molecule has 0 radical (unpaired) electrons. The number of allylic oxidation sites excluding steroid dienone is 2. The van der Waals surface area contributed by atoms with Crippen LogP contribution >= 0.6 is 11.3 Å². The number of amides is 1. The van der Waals surface area contributed by atoms with Gasteiger partial charge in [0.1, 0.15) is 4.21 Å². The van der Waals surface area contributed by atoms with E-state index in [0.717, 1.165) is 73.1 Å². The van der Waals surface area contributed by atoms with Gasteiger partial charge in [0.25, 0.3) is 10.0 Å². The molecule has 0 unspecified atom stereocenters. The number of esters is 1. The molecule has 3 heterocycles. The van der Waals surface area contributed by atoms with Crippen LogP contribution in [0, 0.1) is 5.92 Å². The summed E-state index contributed by atoms with van der Waals surface area (Å²) < 4.78 is 33.8. The largest absolute Gasteiger partial charge is 0.465 e. The van der Waals surface area contributed by atoms with Gasteiger partial charge in [-0.2, -0.15) is 4.31 Å². The van der Waals surface area contributed by atoms with Gasteiger partial charge >= 0.3 is 5.97 Å². The molecule has 1 aromatic rings. The Hall–Kier alpha value is -1.71. The first kappa shape index (κ1) is 23.4. The molecule has 1 aromatic heterocycles. The molecule has 176 valence electrons. The Morgan fingerprint density at radius 1 is 1.06 bits per heavy atom. The highest BCUT2D eigenvalue weighted by Crippen LogP contribution is 2.39. The van der Waals surface area contributed by atoms with Crippen molar-refractivity contribution in [2.75, 3.05) is 26.7 Å². The summed E-state index contributed by atoms with van der Waals surface area (Å²) in [5.74, 6) is -0.489. The van der Waals surface area contributed by atoms with Crippen LogP contribution in [0.15, 0.2) is 16.4 Å². The first-order valence-corrected chi connectivity index (χ1v) is 13.9. The van der Waals surface area contributed by atoms with Crippen LogP contribution in [-0.2, 0) is 32.5 Å². The smallest absolute Gasteiger partial charge is 0.340 e. The third-order valence-corrected chi connectivity index (χ3v) is 10.3. The second kappa shape index (κ2) is 10.1. The van der Waals surface area contributed by atoms with Crippen LogP contribution in [0.5, 0.6) is 0 Å². The minimum atomic E-state index is -3.80. The van der Waals surface area contributed by atoms with Crippen molar-refractivity contribution in [3.8, 4) is 0 Å². The Bertz CT molecular complexity index is 990. The number of fused-ring (bicyclic) bond motifs is 1. The topological polar surface area (TPSA) is 84.0 Å². The zero-order valence-corrected chi connectivity index (χ0v) is 20.3. The van der Waals surface area contributed by atoms with Crippen molar-refractivity contribution in [1.29, 1.82) is 0 Å². The SMILES string of the molecule is COC(=O)c1c(S(=O)(=O)N2CCCCCCC2)sc2c1CCN(C(=O)[C@@H]1CC=CCC1)C2. The minimum absolute atomic E-state index is 0.00849.